The minimum absolute atomic E-state index is 0.0231. The summed E-state index contributed by atoms with van der Waals surface area (Å²) in [4.78, 5) is 17.3. The fraction of sp³-hybridized carbons (Fsp3) is 0.125. The average Bonchev–Trinajstić information content (AvgIpc) is 2.51. The normalized spacial score (nSPS) is 11.0. The van der Waals surface area contributed by atoms with Crippen molar-refractivity contribution in [3.8, 4) is 5.69 Å². The highest BCUT2D eigenvalue weighted by atomic mass is 35.5. The van der Waals surface area contributed by atoms with E-state index in [9.17, 15) is 9.18 Å². The third kappa shape index (κ3) is 2.62. The molecule has 2 aromatic carbocycles. The number of thioether (sulfide) groups is 1. The second-order valence-electron chi connectivity index (χ2n) is 4.58. The molecule has 0 aliphatic carbocycles. The molecular formula is C16H12ClFN2OS. The number of halogens is 2. The van der Waals surface area contributed by atoms with Crippen molar-refractivity contribution in [3.05, 3.63) is 63.7 Å². The van der Waals surface area contributed by atoms with Gasteiger partial charge in [0.05, 0.1) is 21.6 Å². The Kier molecular flexibility index (Phi) is 4.18. The van der Waals surface area contributed by atoms with Crippen LogP contribution in [0.5, 0.6) is 0 Å². The van der Waals surface area contributed by atoms with E-state index >= 15 is 0 Å². The number of aromatic nitrogens is 2. The van der Waals surface area contributed by atoms with Crippen LogP contribution in [0.15, 0.2) is 52.4 Å². The number of para-hydroxylation sites is 1. The van der Waals surface area contributed by atoms with Crippen LogP contribution in [-0.2, 0) is 0 Å². The van der Waals surface area contributed by atoms with Gasteiger partial charge in [0, 0.05) is 0 Å². The predicted octanol–water partition coefficient (Wildman–Crippen LogP) is 4.29. The first-order valence-corrected chi connectivity index (χ1v) is 8.08. The lowest BCUT2D eigenvalue weighted by Crippen LogP contribution is -2.21. The highest BCUT2D eigenvalue weighted by molar-refractivity contribution is 7.99. The molecule has 1 heterocycles. The fourth-order valence-electron chi connectivity index (χ4n) is 2.19. The molecule has 3 rings (SSSR count). The Bertz CT molecular complexity index is 910. The molecule has 6 heteroatoms. The van der Waals surface area contributed by atoms with Gasteiger partial charge in [0.15, 0.2) is 5.16 Å². The van der Waals surface area contributed by atoms with Gasteiger partial charge in [0.2, 0.25) is 0 Å². The van der Waals surface area contributed by atoms with Crippen LogP contribution in [0.1, 0.15) is 6.92 Å². The molecule has 0 saturated heterocycles. The van der Waals surface area contributed by atoms with Gasteiger partial charge >= 0.3 is 0 Å². The van der Waals surface area contributed by atoms with Gasteiger partial charge in [0.25, 0.3) is 5.56 Å². The smallest absolute Gasteiger partial charge is 0.266 e. The lowest BCUT2D eigenvalue weighted by atomic mass is 10.2. The van der Waals surface area contributed by atoms with Crippen LogP contribution in [0.3, 0.4) is 0 Å². The van der Waals surface area contributed by atoms with E-state index in [1.165, 1.54) is 34.5 Å². The topological polar surface area (TPSA) is 34.9 Å². The first-order chi connectivity index (χ1) is 10.6. The van der Waals surface area contributed by atoms with Crippen molar-refractivity contribution < 1.29 is 4.39 Å². The van der Waals surface area contributed by atoms with E-state index in [0.29, 0.717) is 21.7 Å². The first-order valence-electron chi connectivity index (χ1n) is 6.72. The summed E-state index contributed by atoms with van der Waals surface area (Å²) in [6.45, 7) is 1.98. The van der Waals surface area contributed by atoms with Gasteiger partial charge in [-0.3, -0.25) is 9.36 Å². The van der Waals surface area contributed by atoms with Crippen molar-refractivity contribution in [2.24, 2.45) is 0 Å². The van der Waals surface area contributed by atoms with Crippen LogP contribution < -0.4 is 5.56 Å². The predicted molar refractivity (Wildman–Crippen MR) is 88.7 cm³/mol. The van der Waals surface area contributed by atoms with Crippen molar-refractivity contribution in [2.45, 2.75) is 12.1 Å². The number of nitrogens with zero attached hydrogens (tertiary/aromatic N) is 2. The maximum atomic E-state index is 13.4. The van der Waals surface area contributed by atoms with Crippen LogP contribution >= 0.6 is 23.4 Å². The van der Waals surface area contributed by atoms with Crippen molar-refractivity contribution >= 4 is 34.3 Å². The number of benzene rings is 2. The van der Waals surface area contributed by atoms with Gasteiger partial charge in [-0.1, -0.05) is 42.4 Å². The Balaban J connectivity index is 2.35. The van der Waals surface area contributed by atoms with E-state index in [1.54, 1.807) is 18.2 Å². The monoisotopic (exact) mass is 334 g/mol. The summed E-state index contributed by atoms with van der Waals surface area (Å²) in [5.41, 5.74) is 0.961. The summed E-state index contributed by atoms with van der Waals surface area (Å²) >= 11 is 7.30. The highest BCUT2D eigenvalue weighted by Crippen LogP contribution is 2.24. The van der Waals surface area contributed by atoms with Gasteiger partial charge in [-0.05, 0) is 36.1 Å². The largest absolute Gasteiger partial charge is 0.268 e. The number of rotatable bonds is 3. The van der Waals surface area contributed by atoms with E-state index < -0.39 is 5.82 Å². The summed E-state index contributed by atoms with van der Waals surface area (Å²) in [5.74, 6) is 0.247. The second-order valence-corrected chi connectivity index (χ2v) is 6.22. The molecule has 3 nitrogen and oxygen atoms in total. The average molecular weight is 335 g/mol. The SMILES string of the molecule is CCSc1nc2ccccc2c(=O)n1-c1ccc(F)c(Cl)c1. The maximum absolute atomic E-state index is 13.4. The number of hydrogen-bond acceptors (Lipinski definition) is 3. The molecule has 0 unspecified atom stereocenters. The van der Waals surface area contributed by atoms with E-state index in [2.05, 4.69) is 4.98 Å². The molecular weight excluding hydrogens is 323 g/mol. The van der Waals surface area contributed by atoms with E-state index in [0.717, 1.165) is 5.75 Å². The minimum atomic E-state index is -0.517. The highest BCUT2D eigenvalue weighted by Gasteiger charge is 2.13. The molecule has 0 spiro atoms. The molecule has 0 bridgehead atoms. The van der Waals surface area contributed by atoms with Gasteiger partial charge in [-0.15, -0.1) is 0 Å². The zero-order chi connectivity index (χ0) is 15.7. The maximum Gasteiger partial charge on any atom is 0.266 e. The second kappa shape index (κ2) is 6.10. The Labute approximate surface area is 135 Å². The summed E-state index contributed by atoms with van der Waals surface area (Å²) < 4.78 is 14.9. The first kappa shape index (κ1) is 15.1. The molecule has 3 aromatic rings. The zero-order valence-electron chi connectivity index (χ0n) is 11.7. The summed E-state index contributed by atoms with van der Waals surface area (Å²) in [6, 6.07) is 11.4. The molecule has 0 saturated carbocycles. The Morgan fingerprint density at radius 2 is 2.05 bits per heavy atom. The molecule has 0 aliphatic rings. The van der Waals surface area contributed by atoms with Gasteiger partial charge < -0.3 is 0 Å². The van der Waals surface area contributed by atoms with E-state index in [1.807, 2.05) is 13.0 Å². The molecule has 0 aliphatic heterocycles. The Morgan fingerprint density at radius 3 is 2.77 bits per heavy atom. The molecule has 22 heavy (non-hydrogen) atoms. The number of hydrogen-bond donors (Lipinski definition) is 0. The zero-order valence-corrected chi connectivity index (χ0v) is 13.3. The molecule has 0 atom stereocenters. The van der Waals surface area contributed by atoms with E-state index in [4.69, 9.17) is 11.6 Å². The fourth-order valence-corrected chi connectivity index (χ4v) is 3.10. The third-order valence-corrected chi connectivity index (χ3v) is 4.29. The van der Waals surface area contributed by atoms with Crippen molar-refractivity contribution in [2.75, 3.05) is 5.75 Å². The van der Waals surface area contributed by atoms with Gasteiger partial charge in [-0.2, -0.15) is 0 Å². The van der Waals surface area contributed by atoms with Crippen LogP contribution in [0.2, 0.25) is 5.02 Å². The standard InChI is InChI=1S/C16H12ClFN2OS/c1-2-22-16-19-14-6-4-3-5-11(14)15(21)20(16)10-7-8-13(18)12(17)9-10/h3-9H,2H2,1H3. The van der Waals surface area contributed by atoms with Crippen molar-refractivity contribution in [1.82, 2.24) is 9.55 Å². The third-order valence-electron chi connectivity index (χ3n) is 3.18. The molecule has 0 fully saturated rings. The molecule has 0 amide bonds. The van der Waals surface area contributed by atoms with Crippen LogP contribution in [-0.4, -0.2) is 15.3 Å². The summed E-state index contributed by atoms with van der Waals surface area (Å²) in [6.07, 6.45) is 0. The molecule has 1 aromatic heterocycles. The van der Waals surface area contributed by atoms with Crippen LogP contribution in [0, 0.1) is 5.82 Å². The molecule has 0 radical (unpaired) electrons. The van der Waals surface area contributed by atoms with Crippen LogP contribution in [0.4, 0.5) is 4.39 Å². The molecule has 112 valence electrons. The van der Waals surface area contributed by atoms with Gasteiger partial charge in [0.1, 0.15) is 5.82 Å². The Morgan fingerprint density at radius 1 is 1.27 bits per heavy atom. The lowest BCUT2D eigenvalue weighted by molar-refractivity contribution is 0.627. The summed E-state index contributed by atoms with van der Waals surface area (Å²) in [5, 5.41) is 1.06. The van der Waals surface area contributed by atoms with Crippen molar-refractivity contribution in [3.63, 3.8) is 0 Å². The molecule has 0 N–H and O–H groups in total. The number of fused-ring (bicyclic) bond motifs is 1. The minimum Gasteiger partial charge on any atom is -0.268 e. The Hall–Kier alpha value is -1.85. The van der Waals surface area contributed by atoms with E-state index in [-0.39, 0.29) is 10.6 Å². The van der Waals surface area contributed by atoms with Crippen LogP contribution in [0.25, 0.3) is 16.6 Å². The van der Waals surface area contributed by atoms with Gasteiger partial charge in [-0.25, -0.2) is 9.37 Å². The van der Waals surface area contributed by atoms with Crippen molar-refractivity contribution in [1.29, 1.82) is 0 Å². The quantitative estimate of drug-likeness (QED) is 0.529. The lowest BCUT2D eigenvalue weighted by Gasteiger charge is -2.13. The summed E-state index contributed by atoms with van der Waals surface area (Å²) in [7, 11) is 0.